The van der Waals surface area contributed by atoms with E-state index in [-0.39, 0.29) is 24.8 Å². The fraction of sp³-hybridized carbons (Fsp3) is 0.692. The molecule has 0 aliphatic rings. The molecule has 7 nitrogen and oxygen atoms in total. The van der Waals surface area contributed by atoms with Crippen LogP contribution < -0.4 is 4.74 Å². The van der Waals surface area contributed by atoms with E-state index >= 15 is 0 Å². The molecule has 0 atom stereocenters. The third-order valence-corrected chi connectivity index (χ3v) is 3.93. The van der Waals surface area contributed by atoms with E-state index in [9.17, 15) is 4.79 Å². The summed E-state index contributed by atoms with van der Waals surface area (Å²) in [4.78, 5) is 11.1. The molecular formula is C13H24N2O5S. The molecule has 1 rings (SSSR count). The van der Waals surface area contributed by atoms with Gasteiger partial charge in [-0.05, 0) is 18.8 Å². The third kappa shape index (κ3) is 6.83. The molecule has 1 heterocycles. The second-order valence-electron chi connectivity index (χ2n) is 5.36. The van der Waals surface area contributed by atoms with Crippen LogP contribution in [0, 0.1) is 0 Å². The van der Waals surface area contributed by atoms with Gasteiger partial charge in [0.15, 0.2) is 5.75 Å². The van der Waals surface area contributed by atoms with Gasteiger partial charge in [0, 0.05) is 12.9 Å². The smallest absolute Gasteiger partial charge is 0.360 e. The standard InChI is InChI=1S/C13H24N2O5S/c1-18-5-6-20-11-9-15(14-12(11)13(16)17)10-19-7-8-21(2,3)4/h9H,5-8,10H2,1-4H3,(H,16,17). The van der Waals surface area contributed by atoms with E-state index in [1.54, 1.807) is 7.11 Å². The summed E-state index contributed by atoms with van der Waals surface area (Å²) in [7, 11) is 0.954. The minimum absolute atomic E-state index is 0.115. The molecule has 0 unspecified atom stereocenters. The zero-order valence-corrected chi connectivity index (χ0v) is 13.8. The number of nitrogens with zero attached hydrogens (tertiary/aromatic N) is 2. The Hall–Kier alpha value is -1.25. The molecule has 21 heavy (non-hydrogen) atoms. The summed E-state index contributed by atoms with van der Waals surface area (Å²) in [6, 6.07) is 0. The van der Waals surface area contributed by atoms with Crippen LogP contribution in [0.2, 0.25) is 0 Å². The monoisotopic (exact) mass is 320 g/mol. The molecule has 0 saturated heterocycles. The second kappa shape index (κ2) is 8.26. The van der Waals surface area contributed by atoms with Crippen LogP contribution >= 0.6 is 10.0 Å². The average Bonchev–Trinajstić information content (AvgIpc) is 2.77. The molecule has 1 aromatic heterocycles. The normalized spacial score (nSPS) is 12.4. The number of ether oxygens (including phenoxy) is 3. The quantitative estimate of drug-likeness (QED) is 0.654. The summed E-state index contributed by atoms with van der Waals surface area (Å²) in [6.07, 6.45) is 8.18. The van der Waals surface area contributed by atoms with Crippen molar-refractivity contribution in [3.8, 4) is 5.75 Å². The largest absolute Gasteiger partial charge is 0.487 e. The van der Waals surface area contributed by atoms with Gasteiger partial charge >= 0.3 is 5.97 Å². The highest BCUT2D eigenvalue weighted by molar-refractivity contribution is 8.32. The first-order valence-electron chi connectivity index (χ1n) is 6.49. The van der Waals surface area contributed by atoms with Crippen LogP contribution in [0.3, 0.4) is 0 Å². The predicted octanol–water partition coefficient (Wildman–Crippen LogP) is 1.27. The van der Waals surface area contributed by atoms with Gasteiger partial charge in [0.05, 0.1) is 19.4 Å². The van der Waals surface area contributed by atoms with E-state index in [0.29, 0.717) is 13.2 Å². The van der Waals surface area contributed by atoms with Gasteiger partial charge in [-0.2, -0.15) is 5.10 Å². The van der Waals surface area contributed by atoms with E-state index < -0.39 is 16.0 Å². The Bertz CT molecular complexity index is 456. The average molecular weight is 320 g/mol. The van der Waals surface area contributed by atoms with Crippen LogP contribution in [0.5, 0.6) is 5.75 Å². The van der Waals surface area contributed by atoms with Crippen molar-refractivity contribution in [3.63, 3.8) is 0 Å². The SMILES string of the molecule is COCCOc1cn(COCCS(C)(C)C)nc1C(=O)O. The Kier molecular flexibility index (Phi) is 7.00. The molecule has 0 aromatic carbocycles. The molecule has 122 valence electrons. The Morgan fingerprint density at radius 3 is 2.62 bits per heavy atom. The molecule has 0 fully saturated rings. The number of aromatic nitrogens is 2. The first-order valence-corrected chi connectivity index (χ1v) is 9.52. The maximum atomic E-state index is 11.1. The molecule has 1 aromatic rings. The van der Waals surface area contributed by atoms with Crippen LogP contribution in [0.25, 0.3) is 0 Å². The van der Waals surface area contributed by atoms with Gasteiger partial charge in [-0.3, -0.25) is 0 Å². The molecule has 0 saturated carbocycles. The molecule has 0 amide bonds. The van der Waals surface area contributed by atoms with Crippen molar-refractivity contribution < 1.29 is 24.1 Å². The van der Waals surface area contributed by atoms with E-state index in [2.05, 4.69) is 23.9 Å². The number of carboxylic acids is 1. The number of aromatic carboxylic acids is 1. The van der Waals surface area contributed by atoms with Gasteiger partial charge in [-0.15, -0.1) is 0 Å². The summed E-state index contributed by atoms with van der Waals surface area (Å²) in [5.74, 6) is 0.0990. The maximum absolute atomic E-state index is 11.1. The third-order valence-electron chi connectivity index (χ3n) is 2.54. The number of rotatable bonds is 10. The number of hydrogen-bond acceptors (Lipinski definition) is 5. The molecule has 0 radical (unpaired) electrons. The Balaban J connectivity index is 2.54. The van der Waals surface area contributed by atoms with Crippen molar-refractivity contribution in [1.82, 2.24) is 9.78 Å². The van der Waals surface area contributed by atoms with Crippen LogP contribution in [0.1, 0.15) is 10.5 Å². The summed E-state index contributed by atoms with van der Waals surface area (Å²) >= 11 is 0. The van der Waals surface area contributed by atoms with Crippen molar-refractivity contribution in [1.29, 1.82) is 0 Å². The van der Waals surface area contributed by atoms with Crippen molar-refractivity contribution in [3.05, 3.63) is 11.9 Å². The Morgan fingerprint density at radius 1 is 1.33 bits per heavy atom. The molecule has 0 aliphatic heterocycles. The lowest BCUT2D eigenvalue weighted by Crippen LogP contribution is -2.11. The van der Waals surface area contributed by atoms with Crippen molar-refractivity contribution in [2.75, 3.05) is 51.5 Å². The van der Waals surface area contributed by atoms with Crippen molar-refractivity contribution in [2.45, 2.75) is 6.73 Å². The summed E-state index contributed by atoms with van der Waals surface area (Å²) in [6.45, 7) is 1.50. The molecule has 0 spiro atoms. The zero-order valence-electron chi connectivity index (χ0n) is 13.0. The van der Waals surface area contributed by atoms with E-state index in [4.69, 9.17) is 19.3 Å². The van der Waals surface area contributed by atoms with Crippen LogP contribution in [0.4, 0.5) is 0 Å². The molecule has 0 aliphatic carbocycles. The maximum Gasteiger partial charge on any atom is 0.360 e. The van der Waals surface area contributed by atoms with Gasteiger partial charge < -0.3 is 19.3 Å². The molecule has 1 N–H and O–H groups in total. The summed E-state index contributed by atoms with van der Waals surface area (Å²) < 4.78 is 17.2. The van der Waals surface area contributed by atoms with E-state index in [0.717, 1.165) is 5.75 Å². The van der Waals surface area contributed by atoms with Crippen molar-refractivity contribution >= 4 is 16.0 Å². The second-order valence-corrected chi connectivity index (χ2v) is 9.95. The molecular weight excluding hydrogens is 296 g/mol. The Labute approximate surface area is 126 Å². The summed E-state index contributed by atoms with van der Waals surface area (Å²) in [5.41, 5.74) is -0.115. The number of carbonyl (C=O) groups is 1. The zero-order chi connectivity index (χ0) is 15.9. The molecule has 0 bridgehead atoms. The Morgan fingerprint density at radius 2 is 2.05 bits per heavy atom. The lowest BCUT2D eigenvalue weighted by Gasteiger charge is -2.24. The first kappa shape index (κ1) is 17.8. The predicted molar refractivity (Wildman–Crippen MR) is 82.7 cm³/mol. The van der Waals surface area contributed by atoms with Gasteiger partial charge in [-0.1, -0.05) is 0 Å². The van der Waals surface area contributed by atoms with E-state index in [1.807, 2.05) is 0 Å². The van der Waals surface area contributed by atoms with Crippen LogP contribution in [0.15, 0.2) is 6.20 Å². The van der Waals surface area contributed by atoms with Crippen LogP contribution in [-0.2, 0) is 16.2 Å². The van der Waals surface area contributed by atoms with Crippen molar-refractivity contribution in [2.24, 2.45) is 0 Å². The lowest BCUT2D eigenvalue weighted by molar-refractivity contribution is 0.0670. The highest BCUT2D eigenvalue weighted by Crippen LogP contribution is 2.33. The highest BCUT2D eigenvalue weighted by atomic mass is 32.3. The first-order chi connectivity index (χ1) is 9.83. The topological polar surface area (TPSA) is 82.8 Å². The van der Waals surface area contributed by atoms with Crippen LogP contribution in [-0.4, -0.2) is 72.3 Å². The van der Waals surface area contributed by atoms with Gasteiger partial charge in [0.25, 0.3) is 0 Å². The van der Waals surface area contributed by atoms with Gasteiger partial charge in [-0.25, -0.2) is 19.5 Å². The van der Waals surface area contributed by atoms with Gasteiger partial charge in [0.2, 0.25) is 5.69 Å². The summed E-state index contributed by atoms with van der Waals surface area (Å²) in [5, 5.41) is 13.0. The van der Waals surface area contributed by atoms with E-state index in [1.165, 1.54) is 10.9 Å². The fourth-order valence-corrected chi connectivity index (χ4v) is 2.04. The van der Waals surface area contributed by atoms with Gasteiger partial charge in [0.1, 0.15) is 13.3 Å². The number of carboxylic acid groups (broad SMARTS) is 1. The highest BCUT2D eigenvalue weighted by Gasteiger charge is 2.17. The number of methoxy groups -OCH3 is 1. The number of hydrogen-bond donors (Lipinski definition) is 1. The lowest BCUT2D eigenvalue weighted by atomic mass is 10.4. The minimum Gasteiger partial charge on any atom is -0.487 e. The fourth-order valence-electron chi connectivity index (χ4n) is 1.42. The minimum atomic E-state index is -1.12. The molecule has 8 heteroatoms.